The average molecular weight is 356 g/mol. The number of carbonyl (C=O) groups is 3. The van der Waals surface area contributed by atoms with Crippen molar-refractivity contribution in [1.82, 2.24) is 9.96 Å². The zero-order valence-corrected chi connectivity index (χ0v) is 16.0. The molecule has 0 spiro atoms. The van der Waals surface area contributed by atoms with Crippen molar-refractivity contribution in [2.24, 2.45) is 11.8 Å². The van der Waals surface area contributed by atoms with Crippen molar-refractivity contribution in [3.63, 3.8) is 0 Å². The van der Waals surface area contributed by atoms with Crippen LogP contribution >= 0.6 is 0 Å². The topological polar surface area (TPSA) is 76.2 Å². The lowest BCUT2D eigenvalue weighted by Gasteiger charge is -2.33. The van der Waals surface area contributed by atoms with E-state index in [1.54, 1.807) is 9.96 Å². The fourth-order valence-corrected chi connectivity index (χ4v) is 2.62. The van der Waals surface area contributed by atoms with Crippen LogP contribution in [0, 0.1) is 11.8 Å². The lowest BCUT2D eigenvalue weighted by Crippen LogP contribution is -2.41. The molecule has 0 aromatic rings. The van der Waals surface area contributed by atoms with E-state index in [4.69, 9.17) is 9.57 Å². The zero-order chi connectivity index (χ0) is 18.8. The number of ether oxygens (including phenoxy) is 1. The van der Waals surface area contributed by atoms with Gasteiger partial charge in [0.05, 0.1) is 13.0 Å². The van der Waals surface area contributed by atoms with E-state index in [1.807, 2.05) is 20.8 Å². The first-order valence-electron chi connectivity index (χ1n) is 9.18. The molecular weight excluding hydrogens is 324 g/mol. The van der Waals surface area contributed by atoms with Crippen LogP contribution in [0.2, 0.25) is 0 Å². The molecule has 25 heavy (non-hydrogen) atoms. The largest absolute Gasteiger partial charge is 0.449 e. The molecule has 0 aromatic carbocycles. The molecule has 0 radical (unpaired) electrons. The highest BCUT2D eigenvalue weighted by atomic mass is 16.7. The Labute approximate surface area is 150 Å². The standard InChI is InChI=1S/C18H32N2O5/c1-5-19(18(23)24-13-14(2)3)12-16-8-10-20(11-9-16)25-17(22)7-6-15(4)21/h14,16H,5-13H2,1-4H3. The van der Waals surface area contributed by atoms with Gasteiger partial charge in [0.25, 0.3) is 0 Å². The fraction of sp³-hybridized carbons (Fsp3) is 0.833. The number of piperidine rings is 1. The van der Waals surface area contributed by atoms with E-state index in [1.165, 1.54) is 6.92 Å². The highest BCUT2D eigenvalue weighted by Gasteiger charge is 2.25. The van der Waals surface area contributed by atoms with E-state index in [9.17, 15) is 14.4 Å². The lowest BCUT2D eigenvalue weighted by molar-refractivity contribution is -0.197. The summed E-state index contributed by atoms with van der Waals surface area (Å²) in [6.45, 7) is 10.5. The van der Waals surface area contributed by atoms with E-state index >= 15 is 0 Å². The molecule has 1 aliphatic heterocycles. The molecular formula is C18H32N2O5. The smallest absolute Gasteiger partial charge is 0.409 e. The predicted octanol–water partition coefficient (Wildman–Crippen LogP) is 2.64. The molecule has 1 fully saturated rings. The van der Waals surface area contributed by atoms with Gasteiger partial charge in [-0.3, -0.25) is 4.79 Å². The number of carbonyl (C=O) groups excluding carboxylic acids is 3. The third kappa shape index (κ3) is 8.86. The zero-order valence-electron chi connectivity index (χ0n) is 16.0. The summed E-state index contributed by atoms with van der Waals surface area (Å²) >= 11 is 0. The van der Waals surface area contributed by atoms with Gasteiger partial charge in [-0.1, -0.05) is 13.8 Å². The average Bonchev–Trinajstić information content (AvgIpc) is 2.57. The molecule has 0 bridgehead atoms. The number of Topliss-reactive ketones (excluding diaryl/α,β-unsaturated/α-hetero) is 1. The number of hydrogen-bond acceptors (Lipinski definition) is 6. The Balaban J connectivity index is 2.31. The first kappa shape index (κ1) is 21.4. The molecule has 1 saturated heterocycles. The number of hydrogen-bond donors (Lipinski definition) is 0. The molecule has 0 saturated carbocycles. The maximum Gasteiger partial charge on any atom is 0.409 e. The molecule has 0 atom stereocenters. The quantitative estimate of drug-likeness (QED) is 0.632. The van der Waals surface area contributed by atoms with Gasteiger partial charge in [0.1, 0.15) is 5.78 Å². The van der Waals surface area contributed by atoms with Crippen LogP contribution in [0.4, 0.5) is 4.79 Å². The highest BCUT2D eigenvalue weighted by molar-refractivity contribution is 5.80. The van der Waals surface area contributed by atoms with Crippen LogP contribution in [0.5, 0.6) is 0 Å². The number of ketones is 1. The summed E-state index contributed by atoms with van der Waals surface area (Å²) in [5.41, 5.74) is 0. The Bertz CT molecular complexity index is 445. The van der Waals surface area contributed by atoms with Crippen LogP contribution in [0.15, 0.2) is 0 Å². The van der Waals surface area contributed by atoms with Gasteiger partial charge in [0.15, 0.2) is 0 Å². The maximum atomic E-state index is 12.1. The van der Waals surface area contributed by atoms with Crippen LogP contribution in [-0.2, 0) is 19.2 Å². The minimum atomic E-state index is -0.360. The highest BCUT2D eigenvalue weighted by Crippen LogP contribution is 2.19. The van der Waals surface area contributed by atoms with Crippen LogP contribution in [-0.4, -0.2) is 60.6 Å². The molecule has 0 aromatic heterocycles. The summed E-state index contributed by atoms with van der Waals surface area (Å²) in [4.78, 5) is 41.6. The first-order valence-corrected chi connectivity index (χ1v) is 9.18. The second-order valence-corrected chi connectivity index (χ2v) is 7.05. The Kier molecular flexibility index (Phi) is 9.49. The normalized spacial score (nSPS) is 15.9. The summed E-state index contributed by atoms with van der Waals surface area (Å²) in [7, 11) is 0. The van der Waals surface area contributed by atoms with Gasteiger partial charge in [-0.15, -0.1) is 5.06 Å². The van der Waals surface area contributed by atoms with Gasteiger partial charge in [0.2, 0.25) is 0 Å². The van der Waals surface area contributed by atoms with Gasteiger partial charge in [-0.05, 0) is 38.5 Å². The van der Waals surface area contributed by atoms with Crippen molar-refractivity contribution in [2.75, 3.05) is 32.8 Å². The monoisotopic (exact) mass is 356 g/mol. The van der Waals surface area contributed by atoms with Crippen molar-refractivity contribution < 1.29 is 24.0 Å². The van der Waals surface area contributed by atoms with Crippen molar-refractivity contribution >= 4 is 17.8 Å². The second-order valence-electron chi connectivity index (χ2n) is 7.05. The Hall–Kier alpha value is -1.63. The number of nitrogens with zero attached hydrogens (tertiary/aromatic N) is 2. The van der Waals surface area contributed by atoms with E-state index in [2.05, 4.69) is 0 Å². The molecule has 7 heteroatoms. The third-order valence-corrected chi connectivity index (χ3v) is 4.14. The number of hydroxylamine groups is 2. The molecule has 1 amide bonds. The van der Waals surface area contributed by atoms with Crippen molar-refractivity contribution in [2.45, 2.75) is 53.4 Å². The third-order valence-electron chi connectivity index (χ3n) is 4.14. The van der Waals surface area contributed by atoms with E-state index in [-0.39, 0.29) is 30.7 Å². The lowest BCUT2D eigenvalue weighted by atomic mass is 9.97. The molecule has 144 valence electrons. The molecule has 0 unspecified atom stereocenters. The van der Waals surface area contributed by atoms with Crippen LogP contribution in [0.1, 0.15) is 53.4 Å². The first-order chi connectivity index (χ1) is 11.8. The Morgan fingerprint density at radius 2 is 1.80 bits per heavy atom. The predicted molar refractivity (Wildman–Crippen MR) is 93.7 cm³/mol. The van der Waals surface area contributed by atoms with Gasteiger partial charge in [-0.2, -0.15) is 0 Å². The summed E-state index contributed by atoms with van der Waals surface area (Å²) in [6.07, 6.45) is 1.80. The van der Waals surface area contributed by atoms with Crippen molar-refractivity contribution in [1.29, 1.82) is 0 Å². The molecule has 1 heterocycles. The summed E-state index contributed by atoms with van der Waals surface area (Å²) in [5, 5.41) is 1.66. The van der Waals surface area contributed by atoms with Gasteiger partial charge >= 0.3 is 12.1 Å². The molecule has 0 aliphatic carbocycles. The van der Waals surface area contributed by atoms with Gasteiger partial charge in [0, 0.05) is 32.6 Å². The van der Waals surface area contributed by atoms with Gasteiger partial charge < -0.3 is 19.3 Å². The summed E-state index contributed by atoms with van der Waals surface area (Å²) in [6, 6.07) is 0. The fourth-order valence-electron chi connectivity index (χ4n) is 2.62. The maximum absolute atomic E-state index is 12.1. The van der Waals surface area contributed by atoms with E-state index < -0.39 is 0 Å². The Morgan fingerprint density at radius 3 is 2.32 bits per heavy atom. The minimum absolute atomic E-state index is 0.0142. The summed E-state index contributed by atoms with van der Waals surface area (Å²) < 4.78 is 5.30. The SMILES string of the molecule is CCN(CC1CCN(OC(=O)CCC(C)=O)CC1)C(=O)OCC(C)C. The van der Waals surface area contributed by atoms with Crippen molar-refractivity contribution in [3.8, 4) is 0 Å². The molecule has 1 rings (SSSR count). The van der Waals surface area contributed by atoms with Crippen molar-refractivity contribution in [3.05, 3.63) is 0 Å². The molecule has 1 aliphatic rings. The van der Waals surface area contributed by atoms with Crippen LogP contribution in [0.3, 0.4) is 0 Å². The van der Waals surface area contributed by atoms with Crippen LogP contribution < -0.4 is 0 Å². The van der Waals surface area contributed by atoms with E-state index in [0.717, 1.165) is 12.8 Å². The van der Waals surface area contributed by atoms with Gasteiger partial charge in [-0.25, -0.2) is 4.79 Å². The summed E-state index contributed by atoms with van der Waals surface area (Å²) in [5.74, 6) is 0.322. The molecule has 0 N–H and O–H groups in total. The minimum Gasteiger partial charge on any atom is -0.449 e. The van der Waals surface area contributed by atoms with E-state index in [0.29, 0.717) is 44.6 Å². The second kappa shape index (κ2) is 11.1. The van der Waals surface area contributed by atoms with Crippen LogP contribution in [0.25, 0.3) is 0 Å². The number of rotatable bonds is 9. The number of amides is 1. The Morgan fingerprint density at radius 1 is 1.16 bits per heavy atom. The molecule has 7 nitrogen and oxygen atoms in total.